The van der Waals surface area contributed by atoms with Gasteiger partial charge in [0.15, 0.2) is 0 Å². The Bertz CT molecular complexity index is 81.3. The fourth-order valence-corrected chi connectivity index (χ4v) is 1.11. The lowest BCUT2D eigenvalue weighted by Crippen LogP contribution is -1.76. The summed E-state index contributed by atoms with van der Waals surface area (Å²) < 4.78 is 11.5. The average molecular weight is 209 g/mol. The van der Waals surface area contributed by atoms with Crippen LogP contribution in [0.3, 0.4) is 0 Å². The zero-order valence-electron chi connectivity index (χ0n) is 6.15. The molecule has 0 heterocycles. The molecular weight excluding hydrogens is 195 g/mol. The number of unbranched alkanes of at least 4 members (excludes halogenated alkanes) is 3. The van der Waals surface area contributed by atoms with Crippen LogP contribution in [0.15, 0.2) is 12.2 Å². The fourth-order valence-electron chi connectivity index (χ4n) is 0.714. The maximum absolute atomic E-state index is 11.5. The summed E-state index contributed by atoms with van der Waals surface area (Å²) in [5, 5.41) is 1.08. The summed E-state index contributed by atoms with van der Waals surface area (Å²) in [6.07, 6.45) is 8.16. The van der Waals surface area contributed by atoms with Gasteiger partial charge in [0.05, 0.1) is 0 Å². The SMILES string of the molecule is FC/C=C/CCCCCBr. The Morgan fingerprint density at radius 2 is 1.90 bits per heavy atom. The fraction of sp³-hybridized carbons (Fsp3) is 0.750. The molecule has 0 spiro atoms. The summed E-state index contributed by atoms with van der Waals surface area (Å²) >= 11 is 3.35. The van der Waals surface area contributed by atoms with Gasteiger partial charge in [-0.1, -0.05) is 34.5 Å². The minimum Gasteiger partial charge on any atom is -0.247 e. The van der Waals surface area contributed by atoms with E-state index in [9.17, 15) is 4.39 Å². The molecule has 10 heavy (non-hydrogen) atoms. The van der Waals surface area contributed by atoms with Gasteiger partial charge in [0, 0.05) is 5.33 Å². The van der Waals surface area contributed by atoms with Gasteiger partial charge in [-0.15, -0.1) is 0 Å². The van der Waals surface area contributed by atoms with Gasteiger partial charge >= 0.3 is 0 Å². The highest BCUT2D eigenvalue weighted by molar-refractivity contribution is 9.09. The van der Waals surface area contributed by atoms with E-state index in [-0.39, 0.29) is 6.67 Å². The van der Waals surface area contributed by atoms with Crippen LogP contribution in [0.4, 0.5) is 4.39 Å². The van der Waals surface area contributed by atoms with Crippen molar-refractivity contribution in [2.75, 3.05) is 12.0 Å². The zero-order valence-corrected chi connectivity index (χ0v) is 7.74. The molecule has 0 atom stereocenters. The van der Waals surface area contributed by atoms with Gasteiger partial charge in [-0.3, -0.25) is 0 Å². The highest BCUT2D eigenvalue weighted by Crippen LogP contribution is 2.02. The number of halogens is 2. The number of hydrogen-bond acceptors (Lipinski definition) is 0. The maximum Gasteiger partial charge on any atom is 0.108 e. The van der Waals surface area contributed by atoms with E-state index in [1.807, 2.05) is 6.08 Å². The van der Waals surface area contributed by atoms with E-state index in [1.165, 1.54) is 19.3 Å². The normalized spacial score (nSPS) is 11.0. The smallest absolute Gasteiger partial charge is 0.108 e. The maximum atomic E-state index is 11.5. The van der Waals surface area contributed by atoms with E-state index in [4.69, 9.17) is 0 Å². The zero-order chi connectivity index (χ0) is 7.66. The van der Waals surface area contributed by atoms with Crippen LogP contribution in [-0.4, -0.2) is 12.0 Å². The third kappa shape index (κ3) is 8.15. The van der Waals surface area contributed by atoms with Crippen molar-refractivity contribution >= 4 is 15.9 Å². The van der Waals surface area contributed by atoms with Crippen molar-refractivity contribution in [3.8, 4) is 0 Å². The van der Waals surface area contributed by atoms with Gasteiger partial charge in [-0.2, -0.15) is 0 Å². The van der Waals surface area contributed by atoms with Crippen molar-refractivity contribution in [2.24, 2.45) is 0 Å². The summed E-state index contributed by atoms with van der Waals surface area (Å²) in [6, 6.07) is 0. The molecule has 0 aliphatic rings. The molecule has 0 saturated heterocycles. The van der Waals surface area contributed by atoms with E-state index in [1.54, 1.807) is 6.08 Å². The molecule has 0 aromatic rings. The Morgan fingerprint density at radius 1 is 1.10 bits per heavy atom. The Hall–Kier alpha value is 0.150. The Balaban J connectivity index is 2.83. The molecule has 60 valence electrons. The van der Waals surface area contributed by atoms with Gasteiger partial charge in [0.25, 0.3) is 0 Å². The lowest BCUT2D eigenvalue weighted by atomic mass is 10.2. The number of alkyl halides is 2. The first-order valence-corrected chi connectivity index (χ1v) is 4.81. The second-order valence-corrected chi connectivity index (χ2v) is 2.96. The molecule has 2 heteroatoms. The van der Waals surface area contributed by atoms with Crippen molar-refractivity contribution in [2.45, 2.75) is 25.7 Å². The Morgan fingerprint density at radius 3 is 2.50 bits per heavy atom. The van der Waals surface area contributed by atoms with Crippen LogP contribution in [0.25, 0.3) is 0 Å². The van der Waals surface area contributed by atoms with Crippen LogP contribution in [0, 0.1) is 0 Å². The third-order valence-corrected chi connectivity index (χ3v) is 1.82. The molecule has 0 bridgehead atoms. The van der Waals surface area contributed by atoms with Crippen molar-refractivity contribution in [1.82, 2.24) is 0 Å². The predicted molar refractivity (Wildman–Crippen MR) is 47.4 cm³/mol. The van der Waals surface area contributed by atoms with E-state index in [2.05, 4.69) is 15.9 Å². The van der Waals surface area contributed by atoms with Crippen LogP contribution >= 0.6 is 15.9 Å². The number of allylic oxidation sites excluding steroid dienone is 2. The third-order valence-electron chi connectivity index (χ3n) is 1.26. The molecule has 0 aromatic heterocycles. The van der Waals surface area contributed by atoms with Crippen molar-refractivity contribution in [1.29, 1.82) is 0 Å². The highest BCUT2D eigenvalue weighted by Gasteiger charge is 1.83. The molecule has 0 saturated carbocycles. The summed E-state index contributed by atoms with van der Waals surface area (Å²) in [5.41, 5.74) is 0. The van der Waals surface area contributed by atoms with Gasteiger partial charge in [0.2, 0.25) is 0 Å². The van der Waals surface area contributed by atoms with Crippen LogP contribution in [0.2, 0.25) is 0 Å². The minimum atomic E-state index is -0.321. The summed E-state index contributed by atoms with van der Waals surface area (Å²) in [6.45, 7) is -0.321. The second kappa shape index (κ2) is 9.15. The number of rotatable bonds is 6. The van der Waals surface area contributed by atoms with Gasteiger partial charge in [-0.25, -0.2) is 4.39 Å². The van der Waals surface area contributed by atoms with Crippen LogP contribution in [-0.2, 0) is 0 Å². The summed E-state index contributed by atoms with van der Waals surface area (Å²) in [7, 11) is 0. The molecule has 0 N–H and O–H groups in total. The molecule has 0 amide bonds. The minimum absolute atomic E-state index is 0.321. The average Bonchev–Trinajstić information content (AvgIpc) is 1.97. The summed E-state index contributed by atoms with van der Waals surface area (Å²) in [4.78, 5) is 0. The quantitative estimate of drug-likeness (QED) is 0.357. The Labute approximate surface area is 70.6 Å². The van der Waals surface area contributed by atoms with Crippen LogP contribution in [0.1, 0.15) is 25.7 Å². The molecule has 0 nitrogen and oxygen atoms in total. The van der Waals surface area contributed by atoms with Gasteiger partial charge < -0.3 is 0 Å². The molecule has 0 fully saturated rings. The van der Waals surface area contributed by atoms with Crippen molar-refractivity contribution < 1.29 is 4.39 Å². The molecule has 0 rings (SSSR count). The van der Waals surface area contributed by atoms with E-state index in [0.29, 0.717) is 0 Å². The van der Waals surface area contributed by atoms with E-state index >= 15 is 0 Å². The molecule has 0 radical (unpaired) electrons. The standard InChI is InChI=1S/C8H14BrF/c9-7-5-3-1-2-4-6-8-10/h4,6H,1-3,5,7-8H2/b6-4+. The van der Waals surface area contributed by atoms with Crippen molar-refractivity contribution in [3.05, 3.63) is 12.2 Å². The first kappa shape index (κ1) is 10.2. The van der Waals surface area contributed by atoms with Gasteiger partial charge in [-0.05, 0) is 19.3 Å². The first-order valence-electron chi connectivity index (χ1n) is 3.68. The summed E-state index contributed by atoms with van der Waals surface area (Å²) in [5.74, 6) is 0. The van der Waals surface area contributed by atoms with Crippen LogP contribution in [0.5, 0.6) is 0 Å². The molecule has 0 aliphatic carbocycles. The number of hydrogen-bond donors (Lipinski definition) is 0. The topological polar surface area (TPSA) is 0 Å². The molecule has 0 aromatic carbocycles. The lowest BCUT2D eigenvalue weighted by Gasteiger charge is -1.92. The second-order valence-electron chi connectivity index (χ2n) is 2.16. The monoisotopic (exact) mass is 208 g/mol. The lowest BCUT2D eigenvalue weighted by molar-refractivity contribution is 0.560. The van der Waals surface area contributed by atoms with E-state index in [0.717, 1.165) is 11.8 Å². The molecular formula is C8H14BrF. The molecule has 0 unspecified atom stereocenters. The Kier molecular flexibility index (Phi) is 9.29. The first-order chi connectivity index (χ1) is 4.91. The van der Waals surface area contributed by atoms with Crippen molar-refractivity contribution in [3.63, 3.8) is 0 Å². The largest absolute Gasteiger partial charge is 0.247 e. The van der Waals surface area contributed by atoms with Crippen LogP contribution < -0.4 is 0 Å². The predicted octanol–water partition coefficient (Wildman–Crippen LogP) is 3.47. The highest BCUT2D eigenvalue weighted by atomic mass is 79.9. The molecule has 0 aliphatic heterocycles. The van der Waals surface area contributed by atoms with E-state index < -0.39 is 0 Å². The van der Waals surface area contributed by atoms with Gasteiger partial charge in [0.1, 0.15) is 6.67 Å².